The van der Waals surface area contributed by atoms with Gasteiger partial charge in [0, 0.05) is 5.54 Å². The van der Waals surface area contributed by atoms with Crippen LogP contribution in [0.2, 0.25) is 0 Å². The van der Waals surface area contributed by atoms with Crippen molar-refractivity contribution in [2.45, 2.75) is 46.1 Å². The molecule has 0 aliphatic heterocycles. The molecule has 0 fully saturated rings. The number of alkyl halides is 2. The number of amides is 1. The summed E-state index contributed by atoms with van der Waals surface area (Å²) in [6.07, 6.45) is -2.24. The summed E-state index contributed by atoms with van der Waals surface area (Å²) in [5.74, 6) is -0.821. The Morgan fingerprint density at radius 3 is 2.15 bits per heavy atom. The topological polar surface area (TPSA) is 29.1 Å². The molecular weight excluding hydrogens is 176 g/mol. The Kier molecular flexibility index (Phi) is 4.30. The van der Waals surface area contributed by atoms with Crippen LogP contribution in [-0.4, -0.2) is 17.9 Å². The van der Waals surface area contributed by atoms with Gasteiger partial charge in [-0.3, -0.25) is 4.79 Å². The van der Waals surface area contributed by atoms with E-state index in [-0.39, 0.29) is 0 Å². The molecule has 0 aromatic carbocycles. The van der Waals surface area contributed by atoms with Crippen molar-refractivity contribution in [1.82, 2.24) is 5.32 Å². The number of hydrogen-bond acceptors (Lipinski definition) is 1. The first kappa shape index (κ1) is 12.3. The van der Waals surface area contributed by atoms with Crippen molar-refractivity contribution in [2.75, 3.05) is 0 Å². The lowest BCUT2D eigenvalue weighted by atomic mass is 9.93. The van der Waals surface area contributed by atoms with E-state index < -0.39 is 17.9 Å². The molecule has 0 saturated carbocycles. The highest BCUT2D eigenvalue weighted by Gasteiger charge is 2.25. The van der Waals surface area contributed by atoms with Gasteiger partial charge in [-0.25, -0.2) is 0 Å². The number of carbonyl (C=O) groups excluding carboxylic acids is 1. The molecule has 4 heteroatoms. The molecule has 2 nitrogen and oxygen atoms in total. The zero-order chi connectivity index (χ0) is 10.6. The van der Waals surface area contributed by atoms with Crippen molar-refractivity contribution in [3.63, 3.8) is 0 Å². The summed E-state index contributed by atoms with van der Waals surface area (Å²) in [6, 6.07) is 0. The van der Waals surface area contributed by atoms with Gasteiger partial charge in [-0.05, 0) is 26.2 Å². The molecule has 0 heterocycles. The van der Waals surface area contributed by atoms with E-state index >= 15 is 0 Å². The highest BCUT2D eigenvalue weighted by molar-refractivity contribution is 5.79. The maximum absolute atomic E-state index is 11.9. The summed E-state index contributed by atoms with van der Waals surface area (Å²) in [6.45, 7) is 7.45. The number of hydrogen-bond donors (Lipinski definition) is 1. The minimum absolute atomic E-state index is 0.368. The molecule has 1 N–H and O–H groups in total. The van der Waals surface area contributed by atoms with E-state index in [2.05, 4.69) is 5.32 Å². The summed E-state index contributed by atoms with van der Waals surface area (Å²) >= 11 is 0. The molecule has 0 unspecified atom stereocenters. The van der Waals surface area contributed by atoms with Crippen LogP contribution in [0.3, 0.4) is 0 Å². The summed E-state index contributed by atoms with van der Waals surface area (Å²) in [5.41, 5.74) is -0.554. The Labute approximate surface area is 77.7 Å². The predicted octanol–water partition coefficient (Wildman–Crippen LogP) is 2.19. The molecule has 0 aliphatic rings. The molecule has 0 rings (SSSR count). The van der Waals surface area contributed by atoms with Gasteiger partial charge in [0.05, 0.1) is 0 Å². The van der Waals surface area contributed by atoms with Gasteiger partial charge < -0.3 is 5.32 Å². The fourth-order valence-electron chi connectivity index (χ4n) is 1.46. The van der Waals surface area contributed by atoms with Gasteiger partial charge in [-0.15, -0.1) is 0 Å². The Bertz CT molecular complexity index is 178. The number of nitrogens with one attached hydrogen (secondary N) is 1. The largest absolute Gasteiger partial charge is 0.346 e. The van der Waals surface area contributed by atoms with E-state index in [1.54, 1.807) is 13.8 Å². The standard InChI is InChI=1S/C9H17F2NO/c1-6(2)5-9(3,4)12-8(13)7(10)11/h6-7H,5H2,1-4H3,(H,12,13). The maximum atomic E-state index is 11.9. The van der Waals surface area contributed by atoms with Crippen molar-refractivity contribution in [3.05, 3.63) is 0 Å². The fourth-order valence-corrected chi connectivity index (χ4v) is 1.46. The van der Waals surface area contributed by atoms with E-state index in [9.17, 15) is 13.6 Å². The first-order valence-corrected chi connectivity index (χ1v) is 4.35. The molecule has 0 aromatic heterocycles. The number of halogens is 2. The second kappa shape index (κ2) is 4.53. The number of rotatable bonds is 4. The second-order valence-electron chi connectivity index (χ2n) is 4.27. The molecule has 13 heavy (non-hydrogen) atoms. The zero-order valence-corrected chi connectivity index (χ0v) is 8.53. The van der Waals surface area contributed by atoms with Crippen LogP contribution in [0.25, 0.3) is 0 Å². The molecular formula is C9H17F2NO. The fraction of sp³-hybridized carbons (Fsp3) is 0.889. The quantitative estimate of drug-likeness (QED) is 0.728. The summed E-state index contributed by atoms with van der Waals surface area (Å²) in [7, 11) is 0. The molecule has 0 spiro atoms. The molecule has 0 radical (unpaired) electrons. The van der Waals surface area contributed by atoms with Gasteiger partial charge >= 0.3 is 6.43 Å². The first-order valence-electron chi connectivity index (χ1n) is 4.35. The lowest BCUT2D eigenvalue weighted by Gasteiger charge is -2.27. The summed E-state index contributed by atoms with van der Waals surface area (Å²) in [5, 5.41) is 2.30. The van der Waals surface area contributed by atoms with Crippen molar-refractivity contribution in [3.8, 4) is 0 Å². The van der Waals surface area contributed by atoms with E-state index in [0.717, 1.165) is 0 Å². The minimum atomic E-state index is -2.92. The smallest absolute Gasteiger partial charge is 0.315 e. The SMILES string of the molecule is CC(C)CC(C)(C)NC(=O)C(F)F. The van der Waals surface area contributed by atoms with Gasteiger partial charge in [0.25, 0.3) is 5.91 Å². The van der Waals surface area contributed by atoms with Crippen LogP contribution in [0.5, 0.6) is 0 Å². The van der Waals surface area contributed by atoms with Crippen LogP contribution in [0.4, 0.5) is 8.78 Å². The van der Waals surface area contributed by atoms with E-state index in [1.807, 2.05) is 13.8 Å². The van der Waals surface area contributed by atoms with Crippen LogP contribution in [0, 0.1) is 5.92 Å². The monoisotopic (exact) mass is 193 g/mol. The van der Waals surface area contributed by atoms with E-state index in [0.29, 0.717) is 12.3 Å². The Morgan fingerprint density at radius 1 is 1.38 bits per heavy atom. The van der Waals surface area contributed by atoms with Gasteiger partial charge in [-0.2, -0.15) is 8.78 Å². The molecule has 0 aliphatic carbocycles. The molecule has 0 aromatic rings. The third-order valence-electron chi connectivity index (χ3n) is 1.58. The third kappa shape index (κ3) is 5.55. The molecule has 78 valence electrons. The maximum Gasteiger partial charge on any atom is 0.315 e. The van der Waals surface area contributed by atoms with Crippen molar-refractivity contribution < 1.29 is 13.6 Å². The molecule has 0 bridgehead atoms. The normalized spacial score (nSPS) is 12.3. The van der Waals surface area contributed by atoms with E-state index in [4.69, 9.17) is 0 Å². The van der Waals surface area contributed by atoms with E-state index in [1.165, 1.54) is 0 Å². The van der Waals surface area contributed by atoms with Crippen LogP contribution in [0.1, 0.15) is 34.1 Å². The minimum Gasteiger partial charge on any atom is -0.346 e. The lowest BCUT2D eigenvalue weighted by molar-refractivity contribution is -0.133. The first-order chi connectivity index (χ1) is 5.74. The zero-order valence-electron chi connectivity index (χ0n) is 8.53. The van der Waals surface area contributed by atoms with Gasteiger partial charge in [0.1, 0.15) is 0 Å². The van der Waals surface area contributed by atoms with Crippen molar-refractivity contribution >= 4 is 5.91 Å². The van der Waals surface area contributed by atoms with Crippen molar-refractivity contribution in [2.24, 2.45) is 5.92 Å². The molecule has 1 amide bonds. The average Bonchev–Trinajstić information content (AvgIpc) is 1.81. The summed E-state index contributed by atoms with van der Waals surface area (Å²) < 4.78 is 23.8. The second-order valence-corrected chi connectivity index (χ2v) is 4.27. The van der Waals surface area contributed by atoms with Crippen LogP contribution in [-0.2, 0) is 4.79 Å². The number of carbonyl (C=O) groups is 1. The van der Waals surface area contributed by atoms with Gasteiger partial charge in [0.2, 0.25) is 0 Å². The highest BCUT2D eigenvalue weighted by atomic mass is 19.3. The molecule has 0 saturated heterocycles. The van der Waals surface area contributed by atoms with Crippen LogP contribution >= 0.6 is 0 Å². The highest BCUT2D eigenvalue weighted by Crippen LogP contribution is 2.15. The van der Waals surface area contributed by atoms with Crippen LogP contribution in [0.15, 0.2) is 0 Å². The summed E-state index contributed by atoms with van der Waals surface area (Å²) in [4.78, 5) is 10.7. The third-order valence-corrected chi connectivity index (χ3v) is 1.58. The Hall–Kier alpha value is -0.670. The Morgan fingerprint density at radius 2 is 1.85 bits per heavy atom. The van der Waals surface area contributed by atoms with Gasteiger partial charge in [-0.1, -0.05) is 13.8 Å². The Balaban J connectivity index is 4.09. The van der Waals surface area contributed by atoms with Crippen molar-refractivity contribution in [1.29, 1.82) is 0 Å². The molecule has 0 atom stereocenters. The van der Waals surface area contributed by atoms with Crippen LogP contribution < -0.4 is 5.32 Å². The lowest BCUT2D eigenvalue weighted by Crippen LogP contribution is -2.46. The average molecular weight is 193 g/mol. The predicted molar refractivity (Wildman–Crippen MR) is 47.7 cm³/mol. The van der Waals surface area contributed by atoms with Gasteiger partial charge in [0.15, 0.2) is 0 Å².